The number of primary amides is 1. The lowest BCUT2D eigenvalue weighted by molar-refractivity contribution is -0.117. The highest BCUT2D eigenvalue weighted by Gasteiger charge is 2.07. The molecule has 0 bridgehead atoms. The standard InChI is InChI=1S/C8H7N3O3/c9-5(12)3-6-10-4-1-2-14-7(4)8(13)11-6/h1-2H,3H2,(H2,9,12)(H,10,11,13). The monoisotopic (exact) mass is 193 g/mol. The second kappa shape index (κ2) is 2.99. The number of aromatic amines is 1. The van der Waals surface area contributed by atoms with Crippen LogP contribution in [0, 0.1) is 0 Å². The highest BCUT2D eigenvalue weighted by molar-refractivity contribution is 5.77. The summed E-state index contributed by atoms with van der Waals surface area (Å²) in [5, 5.41) is 0. The molecule has 2 rings (SSSR count). The van der Waals surface area contributed by atoms with Gasteiger partial charge in [-0.25, -0.2) is 4.98 Å². The fourth-order valence-electron chi connectivity index (χ4n) is 1.17. The number of nitrogens with zero attached hydrogens (tertiary/aromatic N) is 1. The Kier molecular flexibility index (Phi) is 1.81. The number of carbonyl (C=O) groups excluding carboxylic acids is 1. The first-order valence-electron chi connectivity index (χ1n) is 3.91. The maximum absolute atomic E-state index is 11.3. The zero-order chi connectivity index (χ0) is 10.1. The maximum Gasteiger partial charge on any atom is 0.294 e. The summed E-state index contributed by atoms with van der Waals surface area (Å²) < 4.78 is 4.89. The molecule has 0 aliphatic carbocycles. The number of hydrogen-bond acceptors (Lipinski definition) is 4. The number of furan rings is 1. The number of aromatic nitrogens is 2. The topological polar surface area (TPSA) is 102 Å². The summed E-state index contributed by atoms with van der Waals surface area (Å²) in [5.74, 6) is -0.299. The minimum atomic E-state index is -0.545. The molecule has 2 aromatic rings. The Labute approximate surface area is 77.7 Å². The second-order valence-corrected chi connectivity index (χ2v) is 2.79. The maximum atomic E-state index is 11.3. The van der Waals surface area contributed by atoms with Gasteiger partial charge in [0.15, 0.2) is 0 Å². The molecule has 2 aromatic heterocycles. The van der Waals surface area contributed by atoms with Crippen LogP contribution in [-0.2, 0) is 11.2 Å². The molecule has 3 N–H and O–H groups in total. The summed E-state index contributed by atoms with van der Waals surface area (Å²) in [6.45, 7) is 0. The molecule has 0 radical (unpaired) electrons. The van der Waals surface area contributed by atoms with Crippen molar-refractivity contribution >= 4 is 17.0 Å². The van der Waals surface area contributed by atoms with Crippen LogP contribution in [0.5, 0.6) is 0 Å². The van der Waals surface area contributed by atoms with Crippen LogP contribution in [0.2, 0.25) is 0 Å². The Balaban J connectivity index is 2.58. The SMILES string of the molecule is NC(=O)Cc1nc2ccoc2c(=O)[nH]1. The molecular formula is C8H7N3O3. The third-order valence-corrected chi connectivity index (χ3v) is 1.71. The molecule has 0 fully saturated rings. The summed E-state index contributed by atoms with van der Waals surface area (Å²) in [6.07, 6.45) is 1.28. The van der Waals surface area contributed by atoms with Crippen LogP contribution in [0.3, 0.4) is 0 Å². The normalized spacial score (nSPS) is 10.6. The van der Waals surface area contributed by atoms with Crippen LogP contribution in [0.1, 0.15) is 5.82 Å². The van der Waals surface area contributed by atoms with E-state index in [4.69, 9.17) is 10.2 Å². The Bertz CT molecular complexity index is 540. The molecule has 0 saturated heterocycles. The van der Waals surface area contributed by atoms with E-state index in [-0.39, 0.29) is 17.8 Å². The Morgan fingerprint density at radius 3 is 3.14 bits per heavy atom. The quantitative estimate of drug-likeness (QED) is 0.673. The molecule has 6 nitrogen and oxygen atoms in total. The van der Waals surface area contributed by atoms with Crippen molar-refractivity contribution < 1.29 is 9.21 Å². The van der Waals surface area contributed by atoms with E-state index < -0.39 is 11.5 Å². The molecule has 0 aromatic carbocycles. The predicted octanol–water partition coefficient (Wildman–Crippen LogP) is -0.456. The first-order valence-corrected chi connectivity index (χ1v) is 3.91. The molecule has 1 amide bonds. The minimum absolute atomic E-state index is 0.0869. The lowest BCUT2D eigenvalue weighted by Crippen LogP contribution is -2.19. The number of rotatable bonds is 2. The Hall–Kier alpha value is -2.11. The van der Waals surface area contributed by atoms with E-state index in [1.54, 1.807) is 6.07 Å². The van der Waals surface area contributed by atoms with Crippen LogP contribution < -0.4 is 11.3 Å². The van der Waals surface area contributed by atoms with Gasteiger partial charge in [-0.1, -0.05) is 0 Å². The zero-order valence-electron chi connectivity index (χ0n) is 7.11. The van der Waals surface area contributed by atoms with Gasteiger partial charge in [0.25, 0.3) is 5.56 Å². The first-order chi connectivity index (χ1) is 6.66. The van der Waals surface area contributed by atoms with Gasteiger partial charge in [0.1, 0.15) is 11.3 Å². The zero-order valence-corrected chi connectivity index (χ0v) is 7.11. The third-order valence-electron chi connectivity index (χ3n) is 1.71. The number of nitrogens with two attached hydrogens (primary N) is 1. The van der Waals surface area contributed by atoms with Gasteiger partial charge >= 0.3 is 0 Å². The van der Waals surface area contributed by atoms with Crippen LogP contribution in [0.4, 0.5) is 0 Å². The van der Waals surface area contributed by atoms with Gasteiger partial charge in [-0.2, -0.15) is 0 Å². The van der Waals surface area contributed by atoms with Gasteiger partial charge < -0.3 is 15.1 Å². The largest absolute Gasteiger partial charge is 0.457 e. The summed E-state index contributed by atoms with van der Waals surface area (Å²) in [4.78, 5) is 28.3. The second-order valence-electron chi connectivity index (χ2n) is 2.79. The van der Waals surface area contributed by atoms with Crippen LogP contribution >= 0.6 is 0 Å². The first kappa shape index (κ1) is 8.49. The molecule has 0 saturated carbocycles. The number of amides is 1. The summed E-state index contributed by atoms with van der Waals surface area (Å²) in [5.41, 5.74) is 5.14. The van der Waals surface area contributed by atoms with Crippen molar-refractivity contribution in [1.82, 2.24) is 9.97 Å². The number of fused-ring (bicyclic) bond motifs is 1. The van der Waals surface area contributed by atoms with Crippen molar-refractivity contribution in [1.29, 1.82) is 0 Å². The molecule has 0 atom stereocenters. The lowest BCUT2D eigenvalue weighted by Gasteiger charge is -1.95. The van der Waals surface area contributed by atoms with Crippen molar-refractivity contribution in [3.63, 3.8) is 0 Å². The minimum Gasteiger partial charge on any atom is -0.457 e. The molecule has 0 unspecified atom stereocenters. The predicted molar refractivity (Wildman–Crippen MR) is 47.5 cm³/mol. The number of hydrogen-bond donors (Lipinski definition) is 2. The van der Waals surface area contributed by atoms with Crippen LogP contribution in [0.25, 0.3) is 11.1 Å². The summed E-state index contributed by atoms with van der Waals surface area (Å²) in [6, 6.07) is 1.55. The van der Waals surface area contributed by atoms with Crippen LogP contribution in [0.15, 0.2) is 21.5 Å². The van der Waals surface area contributed by atoms with Crippen molar-refractivity contribution in [2.75, 3.05) is 0 Å². The molecule has 14 heavy (non-hydrogen) atoms. The van der Waals surface area contributed by atoms with E-state index in [2.05, 4.69) is 9.97 Å². The highest BCUT2D eigenvalue weighted by Crippen LogP contribution is 2.06. The molecule has 2 heterocycles. The van der Waals surface area contributed by atoms with E-state index in [9.17, 15) is 9.59 Å². The van der Waals surface area contributed by atoms with Crippen molar-refractivity contribution in [2.24, 2.45) is 5.73 Å². The van der Waals surface area contributed by atoms with Gasteiger partial charge in [-0.3, -0.25) is 9.59 Å². The van der Waals surface area contributed by atoms with Gasteiger partial charge in [0, 0.05) is 6.07 Å². The Morgan fingerprint density at radius 1 is 1.64 bits per heavy atom. The van der Waals surface area contributed by atoms with Gasteiger partial charge in [0.05, 0.1) is 12.7 Å². The van der Waals surface area contributed by atoms with Crippen molar-refractivity contribution in [3.8, 4) is 0 Å². The van der Waals surface area contributed by atoms with Crippen LogP contribution in [-0.4, -0.2) is 15.9 Å². The Morgan fingerprint density at radius 2 is 2.43 bits per heavy atom. The number of nitrogens with one attached hydrogen (secondary N) is 1. The van der Waals surface area contributed by atoms with Gasteiger partial charge in [0.2, 0.25) is 11.5 Å². The fraction of sp³-hybridized carbons (Fsp3) is 0.125. The van der Waals surface area contributed by atoms with E-state index in [0.29, 0.717) is 5.52 Å². The average molecular weight is 193 g/mol. The number of H-pyrrole nitrogens is 1. The summed E-state index contributed by atoms with van der Waals surface area (Å²) in [7, 11) is 0. The van der Waals surface area contributed by atoms with Gasteiger partial charge in [-0.15, -0.1) is 0 Å². The molecule has 6 heteroatoms. The summed E-state index contributed by atoms with van der Waals surface area (Å²) >= 11 is 0. The van der Waals surface area contributed by atoms with E-state index in [1.165, 1.54) is 6.26 Å². The molecule has 0 spiro atoms. The molecule has 0 aliphatic heterocycles. The highest BCUT2D eigenvalue weighted by atomic mass is 16.3. The molecule has 72 valence electrons. The van der Waals surface area contributed by atoms with Crippen molar-refractivity contribution in [3.05, 3.63) is 28.5 Å². The molecular weight excluding hydrogens is 186 g/mol. The van der Waals surface area contributed by atoms with Crippen molar-refractivity contribution in [2.45, 2.75) is 6.42 Å². The third kappa shape index (κ3) is 1.37. The van der Waals surface area contributed by atoms with E-state index in [0.717, 1.165) is 0 Å². The van der Waals surface area contributed by atoms with Gasteiger partial charge in [-0.05, 0) is 0 Å². The number of carbonyl (C=O) groups is 1. The smallest absolute Gasteiger partial charge is 0.294 e. The van der Waals surface area contributed by atoms with E-state index in [1.807, 2.05) is 0 Å². The average Bonchev–Trinajstić information content (AvgIpc) is 2.50. The van der Waals surface area contributed by atoms with E-state index >= 15 is 0 Å². The lowest BCUT2D eigenvalue weighted by atomic mass is 10.3. The fourth-order valence-corrected chi connectivity index (χ4v) is 1.17. The molecule has 0 aliphatic rings.